The van der Waals surface area contributed by atoms with Crippen molar-refractivity contribution in [1.29, 1.82) is 0 Å². The number of carbonyl (C=O) groups excluding carboxylic acids is 2. The average molecular weight is 1200 g/mol. The Bertz CT molecular complexity index is 4250. The summed E-state index contributed by atoms with van der Waals surface area (Å²) in [6.45, 7) is 33.1. The number of fused-ring (bicyclic) bond motifs is 3. The van der Waals surface area contributed by atoms with E-state index in [1.807, 2.05) is 18.2 Å². The Morgan fingerprint density at radius 2 is 0.908 bits per heavy atom. The molecule has 3 fully saturated rings. The van der Waals surface area contributed by atoms with Gasteiger partial charge in [0.25, 0.3) is 0 Å². The van der Waals surface area contributed by atoms with Crippen molar-refractivity contribution >= 4 is 45.0 Å². The normalized spacial score (nSPS) is 21.2. The number of rotatable bonds is 16. The molecule has 3 aliphatic carbocycles. The molecule has 2 N–H and O–H groups in total. The van der Waals surface area contributed by atoms with E-state index in [1.54, 1.807) is 120 Å². The molecule has 24 heteroatoms. The Balaban J connectivity index is 0.000000189. The van der Waals surface area contributed by atoms with Crippen LogP contribution in [0.1, 0.15) is 153 Å². The number of hydrogen-bond acceptors (Lipinski definition) is 14. The van der Waals surface area contributed by atoms with Crippen molar-refractivity contribution in [1.82, 2.24) is 73.4 Å². The number of carbonyl (C=O) groups is 2. The minimum absolute atomic E-state index is 0. The van der Waals surface area contributed by atoms with Crippen molar-refractivity contribution in [2.24, 2.45) is 28.6 Å². The predicted octanol–water partition coefficient (Wildman–Crippen LogP) is 9.28. The second-order valence-electron chi connectivity index (χ2n) is 23.0. The van der Waals surface area contributed by atoms with Gasteiger partial charge in [0, 0.05) is 86.5 Å². The van der Waals surface area contributed by atoms with E-state index in [1.165, 1.54) is 19.0 Å². The number of H-pyrrole nitrogens is 1. The molecule has 3 atom stereocenters. The fourth-order valence-electron chi connectivity index (χ4n) is 10.3. The first-order valence-electron chi connectivity index (χ1n) is 33.9. The third-order valence-corrected chi connectivity index (χ3v) is 15.0. The Morgan fingerprint density at radius 3 is 1.25 bits per heavy atom. The van der Waals surface area contributed by atoms with Crippen molar-refractivity contribution in [3.63, 3.8) is 0 Å². The Kier molecular flexibility index (Phi) is 16.7. The summed E-state index contributed by atoms with van der Waals surface area (Å²) in [7, 11) is 0. The van der Waals surface area contributed by atoms with Gasteiger partial charge in [0.15, 0.2) is 13.5 Å². The standard InChI is InChI=1S/2C23H28N6O2.C17H18N6.Na.H2O/c2*1-23(2,3)22(30)31-15-28-10-9-18-20(25-14-26-21(18)28)17-11-27-29(13-17)19(12-24-4)16-7-5-6-8-16;1-18-9-15(12-4-2-3-5-12)23-10-13(8-22-23)16-14-6-7-19-17(14)21-11-20-16;;/h2*9-11,13-14,16,19H,5-8,12,15H2,1-3H3;6-8,10-12,15H,2-5,9H2,(H,19,20,21);;1H2/q;;;+1;/p-1/t19-;;15-;;/m1.1../s1/i2*5D2,6D2;2D2,3D2;;. The molecule has 0 amide bonds. The second kappa shape index (κ2) is 29.0. The molecular formula is C63H75N18NaO5. The number of esters is 2. The number of aromatic amines is 1. The van der Waals surface area contributed by atoms with Crippen LogP contribution in [0.3, 0.4) is 0 Å². The summed E-state index contributed by atoms with van der Waals surface area (Å²) in [5.74, 6) is -1.64. The molecule has 0 radical (unpaired) electrons. The van der Waals surface area contributed by atoms with E-state index in [0.717, 1.165) is 33.1 Å². The van der Waals surface area contributed by atoms with Crippen molar-refractivity contribution < 1.29 is 70.5 Å². The molecule has 448 valence electrons. The van der Waals surface area contributed by atoms with Crippen LogP contribution in [0.5, 0.6) is 0 Å². The summed E-state index contributed by atoms with van der Waals surface area (Å²) in [4.78, 5) is 63.9. The van der Waals surface area contributed by atoms with Crippen LogP contribution in [-0.2, 0) is 32.5 Å². The molecule has 12 rings (SSSR count). The van der Waals surface area contributed by atoms with E-state index >= 15 is 0 Å². The SMILES string of the molecule is [2H]C1([2H])CC(C(C[N+]#[C-])n2cc(-c3ncnc4c3ccn4COC(=O)C(C)(C)C)cn2)CC1([2H])[2H].[2H]C1([2H])CC([C@@H](C[N+]#[C-])n2cc(-c3ncnc4[nH]ccc34)cn2)CC1([2H])[2H].[2H]C1([2H])CC([C@@H](C[N+]#[C-])n2cc(-c3ncnc4c3ccn4COC(=O)C(C)(C)C)cn2)CC1([2H])[2H].[Na+].[OH-]. The fourth-order valence-corrected chi connectivity index (χ4v) is 10.3. The largest absolute Gasteiger partial charge is 1.00 e. The molecule has 0 saturated heterocycles. The zero-order valence-electron chi connectivity index (χ0n) is 61.6. The van der Waals surface area contributed by atoms with Gasteiger partial charge in [-0.15, -0.1) is 0 Å². The van der Waals surface area contributed by atoms with Gasteiger partial charge in [-0.3, -0.25) is 32.8 Å². The zero-order valence-corrected chi connectivity index (χ0v) is 51.6. The monoisotopic (exact) mass is 1200 g/mol. The molecule has 0 aliphatic heterocycles. The number of ether oxygens (including phenoxy) is 2. The maximum atomic E-state index is 12.1. The molecule has 0 spiro atoms. The summed E-state index contributed by atoms with van der Waals surface area (Å²) in [5, 5.41) is 15.6. The summed E-state index contributed by atoms with van der Waals surface area (Å²) < 4.78 is 116. The van der Waals surface area contributed by atoms with Crippen LogP contribution in [0.25, 0.3) is 81.4 Å². The molecule has 9 aromatic heterocycles. The first kappa shape index (κ1) is 49.9. The minimum Gasteiger partial charge on any atom is -0.870 e. The number of nitrogens with one attached hydrogen (secondary N) is 1. The third kappa shape index (κ3) is 15.0. The molecule has 0 aromatic carbocycles. The van der Waals surface area contributed by atoms with Gasteiger partial charge in [-0.25, -0.2) is 49.6 Å². The van der Waals surface area contributed by atoms with Gasteiger partial charge < -0.3 is 34.5 Å². The predicted molar refractivity (Wildman–Crippen MR) is 323 cm³/mol. The maximum Gasteiger partial charge on any atom is 1.00 e. The smallest absolute Gasteiger partial charge is 0.870 e. The molecule has 23 nitrogen and oxygen atoms in total. The zero-order chi connectivity index (χ0) is 70.4. The van der Waals surface area contributed by atoms with Crippen LogP contribution in [0.4, 0.5) is 0 Å². The number of nitrogens with zero attached hydrogens (tertiary/aromatic N) is 17. The van der Waals surface area contributed by atoms with Gasteiger partial charge in [-0.2, -0.15) is 15.3 Å². The van der Waals surface area contributed by atoms with E-state index < -0.39 is 61.2 Å². The van der Waals surface area contributed by atoms with E-state index in [0.29, 0.717) is 33.8 Å². The molecule has 0 bridgehead atoms. The van der Waals surface area contributed by atoms with Crippen molar-refractivity contribution in [2.45, 2.75) is 150 Å². The maximum absolute atomic E-state index is 12.1. The Labute approximate surface area is 545 Å². The first-order valence-corrected chi connectivity index (χ1v) is 27.9. The van der Waals surface area contributed by atoms with E-state index in [4.69, 9.17) is 45.6 Å². The van der Waals surface area contributed by atoms with E-state index in [2.05, 4.69) is 64.7 Å². The summed E-state index contributed by atoms with van der Waals surface area (Å²) >= 11 is 0. The molecular weight excluding hydrogens is 1110 g/mol. The van der Waals surface area contributed by atoms with Crippen LogP contribution >= 0.6 is 0 Å². The Morgan fingerprint density at radius 1 is 0.563 bits per heavy atom. The quantitative estimate of drug-likeness (QED) is 0.0538. The van der Waals surface area contributed by atoms with Gasteiger partial charge in [0.2, 0.25) is 19.6 Å². The van der Waals surface area contributed by atoms with Crippen LogP contribution in [0, 0.1) is 48.3 Å². The van der Waals surface area contributed by atoms with Crippen molar-refractivity contribution in [3.05, 3.63) is 127 Å². The summed E-state index contributed by atoms with van der Waals surface area (Å²) in [5.41, 5.74) is 4.84. The van der Waals surface area contributed by atoms with Crippen molar-refractivity contribution in [2.75, 3.05) is 19.6 Å². The van der Waals surface area contributed by atoms with Gasteiger partial charge in [0.05, 0.1) is 46.5 Å². The van der Waals surface area contributed by atoms with E-state index in [-0.39, 0.29) is 142 Å². The van der Waals surface area contributed by atoms with Gasteiger partial charge in [-0.1, -0.05) is 38.2 Å². The second-order valence-corrected chi connectivity index (χ2v) is 23.0. The summed E-state index contributed by atoms with van der Waals surface area (Å²) in [6.07, 6.45) is 8.57. The Hall–Kier alpha value is -8.14. The van der Waals surface area contributed by atoms with E-state index in [9.17, 15) is 9.59 Å². The van der Waals surface area contributed by atoms with Crippen LogP contribution in [0.2, 0.25) is 0 Å². The topological polar surface area (TPSA) is 252 Å². The number of aromatic nitrogens is 15. The van der Waals surface area contributed by atoms with Gasteiger partial charge >= 0.3 is 41.5 Å². The van der Waals surface area contributed by atoms with Crippen molar-refractivity contribution in [3.8, 4) is 33.8 Å². The molecule has 3 aliphatic rings. The molecule has 1 unspecified atom stereocenters. The van der Waals surface area contributed by atoms with Gasteiger partial charge in [0.1, 0.15) is 54.0 Å². The molecule has 87 heavy (non-hydrogen) atoms. The minimum atomic E-state index is -1.95. The van der Waals surface area contributed by atoms with Crippen LogP contribution in [-0.4, -0.2) is 110 Å². The van der Waals surface area contributed by atoms with Gasteiger partial charge in [-0.05, 0) is 116 Å². The fraction of sp³-hybridized carbons (Fsp3) is 0.492. The molecule has 9 heterocycles. The third-order valence-electron chi connectivity index (χ3n) is 15.0. The molecule has 3 saturated carbocycles. The first-order chi connectivity index (χ1) is 45.5. The van der Waals surface area contributed by atoms with Crippen LogP contribution in [0.15, 0.2) is 93.0 Å². The molecule has 9 aromatic rings. The van der Waals surface area contributed by atoms with Crippen LogP contribution < -0.4 is 29.6 Å². The summed E-state index contributed by atoms with van der Waals surface area (Å²) in [6, 6.07) is 4.28. The number of hydrogen-bond donors (Lipinski definition) is 1. The average Bonchev–Trinajstić information content (AvgIpc) is 1.63.